The van der Waals surface area contributed by atoms with Crippen molar-refractivity contribution in [2.45, 2.75) is 64.8 Å². The van der Waals surface area contributed by atoms with Gasteiger partial charge in [0.15, 0.2) is 0 Å². The smallest absolute Gasteiger partial charge is 0.475 e. The molecule has 2 aromatic rings. The molecule has 0 saturated carbocycles. The van der Waals surface area contributed by atoms with Crippen molar-refractivity contribution in [1.29, 1.82) is 0 Å². The number of rotatable bonds is 6. The van der Waals surface area contributed by atoms with E-state index in [4.69, 9.17) is 9.90 Å². The van der Waals surface area contributed by atoms with Gasteiger partial charge >= 0.3 is 12.1 Å². The molecule has 1 aromatic heterocycles. The van der Waals surface area contributed by atoms with Gasteiger partial charge in [0.2, 0.25) is 5.91 Å². The molecule has 188 valence electrons. The Labute approximate surface area is 195 Å². The molecule has 1 aliphatic heterocycles. The van der Waals surface area contributed by atoms with E-state index in [2.05, 4.69) is 47.5 Å². The van der Waals surface area contributed by atoms with Gasteiger partial charge in [-0.05, 0) is 51.8 Å². The van der Waals surface area contributed by atoms with Gasteiger partial charge in [-0.1, -0.05) is 12.1 Å². The second-order valence-electron chi connectivity index (χ2n) is 8.54. The molecule has 0 spiro atoms. The van der Waals surface area contributed by atoms with Gasteiger partial charge in [0, 0.05) is 31.6 Å². The third-order valence-electron chi connectivity index (χ3n) is 5.42. The van der Waals surface area contributed by atoms with Crippen molar-refractivity contribution in [1.82, 2.24) is 19.8 Å². The van der Waals surface area contributed by atoms with Crippen molar-refractivity contribution in [2.24, 2.45) is 0 Å². The number of halogens is 4. The molecule has 2 heterocycles. The summed E-state index contributed by atoms with van der Waals surface area (Å²) in [6.07, 6.45) is -1.76. The van der Waals surface area contributed by atoms with E-state index in [1.165, 1.54) is 12.1 Å². The maximum atomic E-state index is 13.3. The highest BCUT2D eigenvalue weighted by Gasteiger charge is 2.39. The number of fused-ring (bicyclic) bond motifs is 1. The predicted molar refractivity (Wildman–Crippen MR) is 118 cm³/mol. The van der Waals surface area contributed by atoms with Gasteiger partial charge in [-0.2, -0.15) is 13.2 Å². The summed E-state index contributed by atoms with van der Waals surface area (Å²) in [5.74, 6) is -3.02. The van der Waals surface area contributed by atoms with Gasteiger partial charge in [0.05, 0.1) is 17.7 Å². The van der Waals surface area contributed by atoms with Gasteiger partial charge in [-0.15, -0.1) is 0 Å². The molecular formula is C23H30F4N4O3. The van der Waals surface area contributed by atoms with Crippen LogP contribution in [0.1, 0.15) is 56.7 Å². The fourth-order valence-corrected chi connectivity index (χ4v) is 3.78. The minimum Gasteiger partial charge on any atom is -0.475 e. The summed E-state index contributed by atoms with van der Waals surface area (Å²) in [7, 11) is 0. The lowest BCUT2D eigenvalue weighted by molar-refractivity contribution is -0.192. The Morgan fingerprint density at radius 3 is 2.38 bits per heavy atom. The van der Waals surface area contributed by atoms with Crippen LogP contribution in [0.25, 0.3) is 0 Å². The number of aliphatic carboxylic acids is 1. The van der Waals surface area contributed by atoms with E-state index in [9.17, 15) is 22.4 Å². The van der Waals surface area contributed by atoms with E-state index in [1.807, 2.05) is 12.4 Å². The zero-order valence-corrected chi connectivity index (χ0v) is 19.6. The van der Waals surface area contributed by atoms with Crippen LogP contribution in [0.15, 0.2) is 30.6 Å². The molecule has 1 aromatic carbocycles. The molecule has 1 aliphatic rings. The Hall–Kier alpha value is -2.95. The van der Waals surface area contributed by atoms with Crippen molar-refractivity contribution in [3.63, 3.8) is 0 Å². The molecule has 2 N–H and O–H groups in total. The van der Waals surface area contributed by atoms with Crippen LogP contribution in [0.3, 0.4) is 0 Å². The lowest BCUT2D eigenvalue weighted by Crippen LogP contribution is -2.48. The maximum Gasteiger partial charge on any atom is 0.490 e. The number of hydrogen-bond acceptors (Lipinski definition) is 4. The van der Waals surface area contributed by atoms with Crippen LogP contribution in [-0.4, -0.2) is 56.7 Å². The lowest BCUT2D eigenvalue weighted by Gasteiger charge is -2.38. The number of aromatic nitrogens is 2. The molecule has 1 unspecified atom stereocenters. The van der Waals surface area contributed by atoms with Crippen LogP contribution < -0.4 is 5.32 Å². The number of amides is 1. The van der Waals surface area contributed by atoms with Gasteiger partial charge in [0.1, 0.15) is 11.9 Å². The minimum atomic E-state index is -5.08. The molecule has 11 heteroatoms. The van der Waals surface area contributed by atoms with Gasteiger partial charge in [-0.3, -0.25) is 9.69 Å². The summed E-state index contributed by atoms with van der Waals surface area (Å²) in [6, 6.07) is 6.68. The normalized spacial score (nSPS) is 16.1. The standard InChI is InChI=1S/C21H29FN4O.C2HF3O2/c1-14(2)25-11-9-18-19(26(13-24-18)15(3)4)20(25)21(27)23-10-8-16-6-5-7-17(22)12-16;3-2(4,5)1(6)7/h5-7,12-15,20H,8-11H2,1-4H3,(H,23,27);(H,6,7). The number of carbonyl (C=O) groups is 2. The Morgan fingerprint density at radius 2 is 1.85 bits per heavy atom. The SMILES string of the molecule is CC(C)N1CCc2ncn(C(C)C)c2C1C(=O)NCCc1cccc(F)c1.O=C(O)C(F)(F)F. The van der Waals surface area contributed by atoms with Crippen LogP contribution in [0.4, 0.5) is 17.6 Å². The van der Waals surface area contributed by atoms with E-state index in [0.29, 0.717) is 13.0 Å². The molecule has 34 heavy (non-hydrogen) atoms. The fraction of sp³-hybridized carbons (Fsp3) is 0.522. The number of hydrogen-bond donors (Lipinski definition) is 2. The Balaban J connectivity index is 0.000000509. The minimum absolute atomic E-state index is 0.0107. The molecule has 1 amide bonds. The molecule has 0 fully saturated rings. The summed E-state index contributed by atoms with van der Waals surface area (Å²) < 4.78 is 47.2. The monoisotopic (exact) mass is 486 g/mol. The summed E-state index contributed by atoms with van der Waals surface area (Å²) >= 11 is 0. The Kier molecular flexibility index (Phi) is 9.20. The van der Waals surface area contributed by atoms with Crippen molar-refractivity contribution < 1.29 is 32.3 Å². The molecule has 0 radical (unpaired) electrons. The molecule has 0 bridgehead atoms. The topological polar surface area (TPSA) is 87.5 Å². The van der Waals surface area contributed by atoms with Crippen LogP contribution in [-0.2, 0) is 22.4 Å². The zero-order chi connectivity index (χ0) is 25.6. The number of imidazole rings is 1. The second-order valence-corrected chi connectivity index (χ2v) is 8.54. The fourth-order valence-electron chi connectivity index (χ4n) is 3.78. The van der Waals surface area contributed by atoms with Crippen LogP contribution in [0.5, 0.6) is 0 Å². The molecule has 1 atom stereocenters. The summed E-state index contributed by atoms with van der Waals surface area (Å²) in [4.78, 5) is 28.8. The van der Waals surface area contributed by atoms with Gasteiger partial charge in [0.25, 0.3) is 0 Å². The highest BCUT2D eigenvalue weighted by Crippen LogP contribution is 2.32. The van der Waals surface area contributed by atoms with Crippen LogP contribution in [0.2, 0.25) is 0 Å². The average molecular weight is 487 g/mol. The second kappa shape index (κ2) is 11.5. The number of carbonyl (C=O) groups excluding carboxylic acids is 1. The van der Waals surface area contributed by atoms with Gasteiger partial charge < -0.3 is 15.0 Å². The molecule has 7 nitrogen and oxygen atoms in total. The van der Waals surface area contributed by atoms with Crippen molar-refractivity contribution in [3.8, 4) is 0 Å². The number of nitrogens with zero attached hydrogens (tertiary/aromatic N) is 3. The highest BCUT2D eigenvalue weighted by atomic mass is 19.4. The first-order valence-corrected chi connectivity index (χ1v) is 11.0. The molecule has 0 aliphatic carbocycles. The van der Waals surface area contributed by atoms with E-state index >= 15 is 0 Å². The van der Waals surface area contributed by atoms with Crippen molar-refractivity contribution in [3.05, 3.63) is 53.4 Å². The summed E-state index contributed by atoms with van der Waals surface area (Å²) in [5.41, 5.74) is 2.91. The van der Waals surface area contributed by atoms with Crippen LogP contribution >= 0.6 is 0 Å². The van der Waals surface area contributed by atoms with Crippen LogP contribution in [0, 0.1) is 5.82 Å². The Morgan fingerprint density at radius 1 is 1.21 bits per heavy atom. The number of carboxylic acids is 1. The first-order valence-electron chi connectivity index (χ1n) is 11.0. The van der Waals surface area contributed by atoms with E-state index < -0.39 is 12.1 Å². The first-order chi connectivity index (χ1) is 15.8. The summed E-state index contributed by atoms with van der Waals surface area (Å²) in [5, 5.41) is 10.2. The van der Waals surface area contributed by atoms with E-state index in [0.717, 1.165) is 29.9 Å². The number of alkyl halides is 3. The maximum absolute atomic E-state index is 13.3. The quantitative estimate of drug-likeness (QED) is 0.605. The highest BCUT2D eigenvalue weighted by molar-refractivity contribution is 5.83. The lowest BCUT2D eigenvalue weighted by atomic mass is 9.99. The molecule has 0 saturated heterocycles. The largest absolute Gasteiger partial charge is 0.490 e. The third-order valence-corrected chi connectivity index (χ3v) is 5.42. The van der Waals surface area contributed by atoms with Crippen molar-refractivity contribution in [2.75, 3.05) is 13.1 Å². The predicted octanol–water partition coefficient (Wildman–Crippen LogP) is 3.90. The zero-order valence-electron chi connectivity index (χ0n) is 19.6. The number of benzene rings is 1. The molecule has 3 rings (SSSR count). The first kappa shape index (κ1) is 27.3. The van der Waals surface area contributed by atoms with Gasteiger partial charge in [-0.25, -0.2) is 14.2 Å². The van der Waals surface area contributed by atoms with E-state index in [-0.39, 0.29) is 29.8 Å². The number of nitrogens with one attached hydrogen (secondary N) is 1. The summed E-state index contributed by atoms with van der Waals surface area (Å²) in [6.45, 7) is 9.75. The number of carboxylic acid groups (broad SMARTS) is 1. The Bertz CT molecular complexity index is 989. The third kappa shape index (κ3) is 7.02. The van der Waals surface area contributed by atoms with E-state index in [1.54, 1.807) is 6.07 Å². The molecular weight excluding hydrogens is 456 g/mol. The average Bonchev–Trinajstić information content (AvgIpc) is 3.17. The van der Waals surface area contributed by atoms with Crippen molar-refractivity contribution >= 4 is 11.9 Å².